The van der Waals surface area contributed by atoms with E-state index in [4.69, 9.17) is 9.26 Å². The maximum Gasteiger partial charge on any atom is 0.137 e. The normalized spacial score (nSPS) is 20.5. The van der Waals surface area contributed by atoms with Crippen molar-refractivity contribution in [3.05, 3.63) is 17.0 Å². The van der Waals surface area contributed by atoms with E-state index in [1.54, 1.807) is 0 Å². The van der Waals surface area contributed by atoms with Crippen molar-refractivity contribution in [2.24, 2.45) is 5.92 Å². The summed E-state index contributed by atoms with van der Waals surface area (Å²) in [6, 6.07) is 0. The zero-order chi connectivity index (χ0) is 11.4. The summed E-state index contributed by atoms with van der Waals surface area (Å²) in [5.41, 5.74) is 2.26. The molecular weight excluding hydrogens is 204 g/mol. The molecule has 2 heterocycles. The number of hydrogen-bond acceptors (Lipinski definition) is 4. The Hall–Kier alpha value is -0.870. The zero-order valence-corrected chi connectivity index (χ0v) is 10.1. The smallest absolute Gasteiger partial charge is 0.137 e. The number of nitrogens with zero attached hydrogens (tertiary/aromatic N) is 1. The van der Waals surface area contributed by atoms with Gasteiger partial charge in [0.15, 0.2) is 0 Å². The van der Waals surface area contributed by atoms with Gasteiger partial charge in [-0.15, -0.1) is 0 Å². The Morgan fingerprint density at radius 2 is 2.31 bits per heavy atom. The van der Waals surface area contributed by atoms with Gasteiger partial charge in [0.25, 0.3) is 0 Å². The van der Waals surface area contributed by atoms with Gasteiger partial charge in [0, 0.05) is 18.7 Å². The van der Waals surface area contributed by atoms with E-state index in [0.717, 1.165) is 44.2 Å². The van der Waals surface area contributed by atoms with Crippen LogP contribution >= 0.6 is 0 Å². The molecule has 1 aromatic rings. The van der Waals surface area contributed by atoms with Gasteiger partial charge < -0.3 is 14.6 Å². The highest BCUT2D eigenvalue weighted by molar-refractivity contribution is 5.20. The molecule has 90 valence electrons. The second-order valence-electron chi connectivity index (χ2n) is 4.49. The maximum absolute atomic E-state index is 5.33. The van der Waals surface area contributed by atoms with Crippen LogP contribution in [0.1, 0.15) is 23.4 Å². The largest absolute Gasteiger partial charge is 0.381 e. The Morgan fingerprint density at radius 3 is 2.94 bits per heavy atom. The topological polar surface area (TPSA) is 47.3 Å². The number of rotatable bonds is 5. The number of aryl methyl sites for hydroxylation is 2. The minimum absolute atomic E-state index is 0.699. The molecule has 0 aromatic carbocycles. The van der Waals surface area contributed by atoms with Crippen LogP contribution in [-0.2, 0) is 11.2 Å². The summed E-state index contributed by atoms with van der Waals surface area (Å²) in [5, 5.41) is 7.42. The Balaban J connectivity index is 1.67. The summed E-state index contributed by atoms with van der Waals surface area (Å²) in [4.78, 5) is 0. The van der Waals surface area contributed by atoms with Gasteiger partial charge in [0.05, 0.1) is 12.3 Å². The van der Waals surface area contributed by atoms with Crippen LogP contribution in [0.4, 0.5) is 0 Å². The molecule has 1 fully saturated rings. The minimum Gasteiger partial charge on any atom is -0.381 e. The zero-order valence-electron chi connectivity index (χ0n) is 10.1. The van der Waals surface area contributed by atoms with Crippen molar-refractivity contribution < 1.29 is 9.26 Å². The molecule has 0 aliphatic carbocycles. The predicted octanol–water partition coefficient (Wildman–Crippen LogP) is 1.46. The van der Waals surface area contributed by atoms with Gasteiger partial charge in [-0.3, -0.25) is 0 Å². The lowest BCUT2D eigenvalue weighted by molar-refractivity contribution is 0.185. The Bertz CT molecular complexity index is 310. The molecule has 2 rings (SSSR count). The number of nitrogens with one attached hydrogen (secondary N) is 1. The van der Waals surface area contributed by atoms with Crippen molar-refractivity contribution in [1.82, 2.24) is 10.5 Å². The van der Waals surface area contributed by atoms with Crippen molar-refractivity contribution >= 4 is 0 Å². The van der Waals surface area contributed by atoms with E-state index >= 15 is 0 Å². The van der Waals surface area contributed by atoms with E-state index in [1.807, 2.05) is 13.8 Å². The molecule has 1 N–H and O–H groups in total. The summed E-state index contributed by atoms with van der Waals surface area (Å²) in [7, 11) is 0. The van der Waals surface area contributed by atoms with Gasteiger partial charge in [-0.2, -0.15) is 0 Å². The summed E-state index contributed by atoms with van der Waals surface area (Å²) < 4.78 is 10.5. The fraction of sp³-hybridized carbons (Fsp3) is 0.750. The number of ether oxygens (including phenoxy) is 1. The molecule has 0 bridgehead atoms. The molecule has 1 saturated heterocycles. The highest BCUT2D eigenvalue weighted by atomic mass is 16.5. The van der Waals surface area contributed by atoms with E-state index in [-0.39, 0.29) is 0 Å². The van der Waals surface area contributed by atoms with Gasteiger partial charge in [0.1, 0.15) is 5.76 Å². The van der Waals surface area contributed by atoms with Crippen molar-refractivity contribution in [2.75, 3.05) is 26.3 Å². The highest BCUT2D eigenvalue weighted by Crippen LogP contribution is 2.13. The lowest BCUT2D eigenvalue weighted by Gasteiger charge is -2.08. The second-order valence-corrected chi connectivity index (χ2v) is 4.49. The third-order valence-electron chi connectivity index (χ3n) is 3.19. The SMILES string of the molecule is Cc1noc(C)c1CCNCC1CCOC1. The number of aromatic nitrogens is 1. The van der Waals surface area contributed by atoms with Gasteiger partial charge in [-0.05, 0) is 39.2 Å². The third kappa shape index (κ3) is 2.83. The first kappa shape index (κ1) is 11.6. The average molecular weight is 224 g/mol. The molecule has 0 spiro atoms. The van der Waals surface area contributed by atoms with Crippen molar-refractivity contribution in [3.8, 4) is 0 Å². The standard InChI is InChI=1S/C12H20N2O2/c1-9-12(10(2)16-14-9)3-5-13-7-11-4-6-15-8-11/h11,13H,3-8H2,1-2H3. The van der Waals surface area contributed by atoms with E-state index in [2.05, 4.69) is 10.5 Å². The minimum atomic E-state index is 0.699. The number of hydrogen-bond donors (Lipinski definition) is 1. The Kier molecular flexibility index (Phi) is 3.96. The highest BCUT2D eigenvalue weighted by Gasteiger charge is 2.15. The van der Waals surface area contributed by atoms with E-state index < -0.39 is 0 Å². The molecule has 0 amide bonds. The lowest BCUT2D eigenvalue weighted by atomic mass is 10.1. The fourth-order valence-corrected chi connectivity index (χ4v) is 2.12. The molecule has 1 atom stereocenters. The molecule has 0 saturated carbocycles. The van der Waals surface area contributed by atoms with Crippen molar-refractivity contribution in [1.29, 1.82) is 0 Å². The van der Waals surface area contributed by atoms with E-state index in [9.17, 15) is 0 Å². The van der Waals surface area contributed by atoms with Crippen LogP contribution < -0.4 is 5.32 Å². The first-order chi connectivity index (χ1) is 7.77. The molecule has 1 aliphatic heterocycles. The average Bonchev–Trinajstić information content (AvgIpc) is 2.87. The maximum atomic E-state index is 5.33. The lowest BCUT2D eigenvalue weighted by Crippen LogP contribution is -2.25. The molecule has 1 aromatic heterocycles. The first-order valence-corrected chi connectivity index (χ1v) is 5.97. The van der Waals surface area contributed by atoms with Gasteiger partial charge in [-0.1, -0.05) is 5.16 Å². The Labute approximate surface area is 96.3 Å². The third-order valence-corrected chi connectivity index (χ3v) is 3.19. The van der Waals surface area contributed by atoms with Gasteiger partial charge in [0.2, 0.25) is 0 Å². The van der Waals surface area contributed by atoms with Crippen LogP contribution in [0, 0.1) is 19.8 Å². The summed E-state index contributed by atoms with van der Waals surface area (Å²) >= 11 is 0. The molecule has 1 unspecified atom stereocenters. The fourth-order valence-electron chi connectivity index (χ4n) is 2.12. The summed E-state index contributed by atoms with van der Waals surface area (Å²) in [6.45, 7) is 7.86. The molecule has 1 aliphatic rings. The Morgan fingerprint density at radius 1 is 1.44 bits per heavy atom. The molecule has 4 heteroatoms. The van der Waals surface area contributed by atoms with Gasteiger partial charge >= 0.3 is 0 Å². The molecular formula is C12H20N2O2. The van der Waals surface area contributed by atoms with Crippen LogP contribution in [0.25, 0.3) is 0 Å². The van der Waals surface area contributed by atoms with Crippen molar-refractivity contribution in [3.63, 3.8) is 0 Å². The van der Waals surface area contributed by atoms with Crippen LogP contribution in [0.5, 0.6) is 0 Å². The van der Waals surface area contributed by atoms with Crippen LogP contribution in [-0.4, -0.2) is 31.5 Å². The molecule has 16 heavy (non-hydrogen) atoms. The van der Waals surface area contributed by atoms with Crippen molar-refractivity contribution in [2.45, 2.75) is 26.7 Å². The quantitative estimate of drug-likeness (QED) is 0.769. The molecule has 4 nitrogen and oxygen atoms in total. The van der Waals surface area contributed by atoms with Crippen LogP contribution in [0.3, 0.4) is 0 Å². The predicted molar refractivity (Wildman–Crippen MR) is 61.5 cm³/mol. The van der Waals surface area contributed by atoms with Crippen LogP contribution in [0.2, 0.25) is 0 Å². The first-order valence-electron chi connectivity index (χ1n) is 5.97. The van der Waals surface area contributed by atoms with E-state index in [0.29, 0.717) is 5.92 Å². The second kappa shape index (κ2) is 5.46. The van der Waals surface area contributed by atoms with E-state index in [1.165, 1.54) is 12.0 Å². The van der Waals surface area contributed by atoms with Gasteiger partial charge in [-0.25, -0.2) is 0 Å². The van der Waals surface area contributed by atoms with Crippen LogP contribution in [0.15, 0.2) is 4.52 Å². The summed E-state index contributed by atoms with van der Waals surface area (Å²) in [6.07, 6.45) is 2.19. The molecule has 0 radical (unpaired) electrons. The monoisotopic (exact) mass is 224 g/mol. The summed E-state index contributed by atoms with van der Waals surface area (Å²) in [5.74, 6) is 1.65.